The van der Waals surface area contributed by atoms with Gasteiger partial charge in [0.25, 0.3) is 0 Å². The van der Waals surface area contributed by atoms with Gasteiger partial charge < -0.3 is 0 Å². The highest BCUT2D eigenvalue weighted by molar-refractivity contribution is 6.03. The Hall–Kier alpha value is -1.14. The molecule has 0 bridgehead atoms. The maximum Gasteiger partial charge on any atom is 0.369 e. The molecule has 8 heavy (non-hydrogen) atoms. The molecule has 0 N–H and O–H groups in total. The first-order valence-electron chi connectivity index (χ1n) is 2.42. The molecule has 0 unspecified atom stereocenters. The standard InChI is InChI=1S/C6H7N2/c1-3-6-5(2)4-7-8-6/h3-4H,1H2,2H3/q+1. The van der Waals surface area contributed by atoms with Crippen molar-refractivity contribution < 1.29 is 4.79 Å². The maximum absolute atomic E-state index is 3.77. The summed E-state index contributed by atoms with van der Waals surface area (Å²) in [5, 5.41) is 3.67. The summed E-state index contributed by atoms with van der Waals surface area (Å²) in [7, 11) is 0. The largest absolute Gasteiger partial charge is 0.369 e. The molecule has 0 aromatic heterocycles. The Morgan fingerprint density at radius 1 is 1.88 bits per heavy atom. The van der Waals surface area contributed by atoms with Crippen LogP contribution in [-0.4, -0.2) is 10.5 Å². The van der Waals surface area contributed by atoms with Crippen molar-refractivity contribution in [2.24, 2.45) is 5.11 Å². The fourth-order valence-electron chi connectivity index (χ4n) is 0.524. The summed E-state index contributed by atoms with van der Waals surface area (Å²) < 4.78 is 0. The maximum atomic E-state index is 3.77. The molecule has 0 saturated heterocycles. The predicted molar refractivity (Wildman–Crippen MR) is 31.6 cm³/mol. The van der Waals surface area contributed by atoms with Gasteiger partial charge in [-0.25, -0.2) is 0 Å². The lowest BCUT2D eigenvalue weighted by Crippen LogP contribution is -1.90. The van der Waals surface area contributed by atoms with Crippen molar-refractivity contribution in [3.63, 3.8) is 0 Å². The Morgan fingerprint density at radius 3 is 2.88 bits per heavy atom. The van der Waals surface area contributed by atoms with Gasteiger partial charge in [0.2, 0.25) is 0 Å². The third-order valence-electron chi connectivity index (χ3n) is 1.01. The van der Waals surface area contributed by atoms with Crippen LogP contribution in [0.25, 0.3) is 0 Å². The van der Waals surface area contributed by atoms with Crippen molar-refractivity contribution in [3.05, 3.63) is 24.4 Å². The molecule has 0 aromatic carbocycles. The molecule has 1 aliphatic rings. The van der Waals surface area contributed by atoms with Crippen LogP contribution in [0.4, 0.5) is 0 Å². The molecule has 0 spiro atoms. The summed E-state index contributed by atoms with van der Waals surface area (Å²) in [4.78, 5) is 3.77. The Morgan fingerprint density at radius 2 is 2.62 bits per heavy atom. The van der Waals surface area contributed by atoms with Gasteiger partial charge in [0.05, 0.1) is 10.4 Å². The summed E-state index contributed by atoms with van der Waals surface area (Å²) in [5.74, 6) is 0. The monoisotopic (exact) mass is 107 g/mol. The van der Waals surface area contributed by atoms with E-state index in [0.717, 1.165) is 11.3 Å². The van der Waals surface area contributed by atoms with E-state index in [4.69, 9.17) is 0 Å². The van der Waals surface area contributed by atoms with Gasteiger partial charge in [-0.2, -0.15) is 0 Å². The molecule has 0 atom stereocenters. The molecule has 1 heterocycles. The Balaban J connectivity index is 2.97. The zero-order valence-electron chi connectivity index (χ0n) is 4.76. The smallest absolute Gasteiger partial charge is 0.0911 e. The molecule has 0 fully saturated rings. The highest BCUT2D eigenvalue weighted by Crippen LogP contribution is 1.98. The molecule has 40 valence electrons. The van der Waals surface area contributed by atoms with Gasteiger partial charge in [-0.1, -0.05) is 6.58 Å². The molecule has 1 aliphatic heterocycles. The second kappa shape index (κ2) is 1.76. The molecule has 0 amide bonds. The zero-order chi connectivity index (χ0) is 5.98. The van der Waals surface area contributed by atoms with E-state index in [9.17, 15) is 0 Å². The van der Waals surface area contributed by atoms with Crippen LogP contribution in [0.2, 0.25) is 0 Å². The minimum atomic E-state index is 0.880. The van der Waals surface area contributed by atoms with E-state index in [2.05, 4.69) is 16.5 Å². The van der Waals surface area contributed by atoms with E-state index in [0.29, 0.717) is 0 Å². The first-order chi connectivity index (χ1) is 3.84. The molecule has 0 radical (unpaired) electrons. The molecule has 2 heteroatoms. The number of allylic oxidation sites excluding steroid dienone is 2. The van der Waals surface area contributed by atoms with Crippen LogP contribution in [-0.2, 0) is 0 Å². The van der Waals surface area contributed by atoms with Crippen molar-refractivity contribution in [3.8, 4) is 0 Å². The van der Waals surface area contributed by atoms with Crippen molar-refractivity contribution in [2.75, 3.05) is 0 Å². The Bertz CT molecular complexity index is 205. The summed E-state index contributed by atoms with van der Waals surface area (Å²) in [6.07, 6.45) is 3.42. The molecular formula is C6H7N2+. The summed E-state index contributed by atoms with van der Waals surface area (Å²) >= 11 is 0. The van der Waals surface area contributed by atoms with E-state index in [1.54, 1.807) is 12.3 Å². The number of hydrogen-bond donors (Lipinski definition) is 0. The number of nitrogens with zero attached hydrogens (tertiary/aromatic N) is 2. The highest BCUT2D eigenvalue weighted by Gasteiger charge is 2.12. The predicted octanol–water partition coefficient (Wildman–Crippen LogP) is 1.19. The van der Waals surface area contributed by atoms with E-state index in [1.807, 2.05) is 6.92 Å². The fraction of sp³-hybridized carbons (Fsp3) is 0.167. The summed E-state index contributed by atoms with van der Waals surface area (Å²) in [5.41, 5.74) is 1.96. The Kier molecular flexibility index (Phi) is 1.10. The van der Waals surface area contributed by atoms with E-state index in [-0.39, 0.29) is 0 Å². The highest BCUT2D eigenvalue weighted by atomic mass is 15.0. The lowest BCUT2D eigenvalue weighted by atomic mass is 10.2. The van der Waals surface area contributed by atoms with Gasteiger partial charge in [0.1, 0.15) is 11.3 Å². The van der Waals surface area contributed by atoms with E-state index < -0.39 is 0 Å². The quantitative estimate of drug-likeness (QED) is 0.450. The fourth-order valence-corrected chi connectivity index (χ4v) is 0.524. The molecule has 2 nitrogen and oxygen atoms in total. The third-order valence-corrected chi connectivity index (χ3v) is 1.01. The van der Waals surface area contributed by atoms with Crippen LogP contribution >= 0.6 is 0 Å². The average Bonchev–Trinajstić information content (AvgIpc) is 2.14. The van der Waals surface area contributed by atoms with Gasteiger partial charge in [0, 0.05) is 6.08 Å². The molecular weight excluding hydrogens is 100 g/mol. The van der Waals surface area contributed by atoms with Gasteiger partial charge in [-0.15, -0.1) is 0 Å². The van der Waals surface area contributed by atoms with Gasteiger partial charge >= 0.3 is 5.71 Å². The minimum Gasteiger partial charge on any atom is -0.0911 e. The van der Waals surface area contributed by atoms with Crippen molar-refractivity contribution >= 4 is 5.71 Å². The molecule has 0 aromatic rings. The summed E-state index contributed by atoms with van der Waals surface area (Å²) in [6, 6.07) is 0. The first-order valence-corrected chi connectivity index (χ1v) is 2.42. The second-order valence-electron chi connectivity index (χ2n) is 1.62. The average molecular weight is 107 g/mol. The summed E-state index contributed by atoms with van der Waals surface area (Å²) in [6.45, 7) is 5.52. The lowest BCUT2D eigenvalue weighted by molar-refractivity contribution is -0.0714. The van der Waals surface area contributed by atoms with Crippen LogP contribution in [0, 0.1) is 0 Å². The third kappa shape index (κ3) is 0.614. The molecule has 0 saturated carbocycles. The Labute approximate surface area is 48.0 Å². The van der Waals surface area contributed by atoms with Crippen molar-refractivity contribution in [1.82, 2.24) is 0 Å². The van der Waals surface area contributed by atoms with Crippen LogP contribution < -0.4 is 0 Å². The number of hydrogen-bond acceptors (Lipinski definition) is 1. The van der Waals surface area contributed by atoms with Crippen LogP contribution in [0.5, 0.6) is 0 Å². The topological polar surface area (TPSA) is 26.5 Å². The SMILES string of the molecule is C=CC1=[N+]=NC=C1C. The van der Waals surface area contributed by atoms with Crippen LogP contribution in [0.3, 0.4) is 0 Å². The van der Waals surface area contributed by atoms with Gasteiger partial charge in [0.15, 0.2) is 0 Å². The second-order valence-corrected chi connectivity index (χ2v) is 1.62. The van der Waals surface area contributed by atoms with Gasteiger partial charge in [-0.3, -0.25) is 0 Å². The zero-order valence-corrected chi connectivity index (χ0v) is 4.76. The van der Waals surface area contributed by atoms with E-state index >= 15 is 0 Å². The minimum absolute atomic E-state index is 0.880. The normalized spacial score (nSPS) is 15.6. The van der Waals surface area contributed by atoms with Crippen molar-refractivity contribution in [2.45, 2.75) is 6.92 Å². The lowest BCUT2D eigenvalue weighted by Gasteiger charge is -1.72. The first kappa shape index (κ1) is 5.01. The van der Waals surface area contributed by atoms with Crippen LogP contribution in [0.15, 0.2) is 29.5 Å². The van der Waals surface area contributed by atoms with Crippen molar-refractivity contribution in [1.29, 1.82) is 0 Å². The van der Waals surface area contributed by atoms with E-state index in [1.165, 1.54) is 0 Å². The molecule has 1 rings (SSSR count). The number of rotatable bonds is 1. The van der Waals surface area contributed by atoms with Crippen LogP contribution in [0.1, 0.15) is 6.92 Å². The molecule has 0 aliphatic carbocycles. The van der Waals surface area contributed by atoms with Gasteiger partial charge in [-0.05, 0) is 6.92 Å².